The molecule has 7 nitrogen and oxygen atoms in total. The Morgan fingerprint density at radius 3 is 2.51 bits per heavy atom. The van der Waals surface area contributed by atoms with Crippen LogP contribution in [0, 0.1) is 5.82 Å². The molecule has 0 radical (unpaired) electrons. The first-order chi connectivity index (χ1) is 18.9. The fourth-order valence-corrected chi connectivity index (χ4v) is 4.48. The minimum atomic E-state index is -0.424. The van der Waals surface area contributed by atoms with Crippen molar-refractivity contribution in [2.45, 2.75) is 13.1 Å². The normalized spacial score (nSPS) is 13.6. The Bertz CT molecular complexity index is 1550. The van der Waals surface area contributed by atoms with Crippen molar-refractivity contribution in [2.75, 3.05) is 24.7 Å². The van der Waals surface area contributed by atoms with Gasteiger partial charge in [-0.3, -0.25) is 14.6 Å². The van der Waals surface area contributed by atoms with Gasteiger partial charge in [0.1, 0.15) is 11.5 Å². The molecule has 0 spiro atoms. The summed E-state index contributed by atoms with van der Waals surface area (Å²) in [7, 11) is 4.03. The molecule has 0 bridgehead atoms. The Labute approximate surface area is 226 Å². The van der Waals surface area contributed by atoms with Gasteiger partial charge in [0.05, 0.1) is 17.0 Å². The molecule has 1 aliphatic rings. The number of nitrogens with one attached hydrogen (secondary N) is 3. The first-order valence-electron chi connectivity index (χ1n) is 12.5. The maximum absolute atomic E-state index is 13.9. The second-order valence-corrected chi connectivity index (χ2v) is 9.55. The van der Waals surface area contributed by atoms with Gasteiger partial charge < -0.3 is 20.9 Å². The number of pyridine rings is 1. The molecule has 0 fully saturated rings. The van der Waals surface area contributed by atoms with E-state index in [2.05, 4.69) is 25.8 Å². The average molecular weight is 522 g/mol. The Morgan fingerprint density at radius 2 is 1.77 bits per heavy atom. The molecule has 3 N–H and O–H groups in total. The largest absolute Gasteiger partial charge is 0.354 e. The molecule has 2 amide bonds. The van der Waals surface area contributed by atoms with Crippen LogP contribution in [0.3, 0.4) is 0 Å². The number of fused-ring (bicyclic) bond motifs is 1. The minimum Gasteiger partial charge on any atom is -0.354 e. The predicted molar refractivity (Wildman–Crippen MR) is 151 cm³/mol. The van der Waals surface area contributed by atoms with Gasteiger partial charge in [0.25, 0.3) is 11.8 Å². The van der Waals surface area contributed by atoms with E-state index >= 15 is 0 Å². The first kappa shape index (κ1) is 25.8. The number of rotatable bonds is 8. The monoisotopic (exact) mass is 521 g/mol. The zero-order valence-electron chi connectivity index (χ0n) is 21.7. The molecule has 0 saturated heterocycles. The summed E-state index contributed by atoms with van der Waals surface area (Å²) in [6, 6.07) is 25.0. The number of hydrogen-bond acceptors (Lipinski definition) is 5. The summed E-state index contributed by atoms with van der Waals surface area (Å²) >= 11 is 0. The van der Waals surface area contributed by atoms with Crippen LogP contribution in [0.25, 0.3) is 11.3 Å². The summed E-state index contributed by atoms with van der Waals surface area (Å²) in [6.07, 6.45) is 1.57. The fourth-order valence-electron chi connectivity index (χ4n) is 4.48. The molecule has 39 heavy (non-hydrogen) atoms. The van der Waals surface area contributed by atoms with E-state index in [1.165, 1.54) is 12.1 Å². The molecule has 2 heterocycles. The fraction of sp³-hybridized carbons (Fsp3) is 0.129. The lowest BCUT2D eigenvalue weighted by atomic mass is 9.98. The third kappa shape index (κ3) is 6.02. The minimum absolute atomic E-state index is 0.276. The molecule has 0 unspecified atom stereocenters. The van der Waals surface area contributed by atoms with E-state index in [1.54, 1.807) is 30.5 Å². The van der Waals surface area contributed by atoms with Crippen LogP contribution in [0.2, 0.25) is 0 Å². The molecule has 5 rings (SSSR count). The van der Waals surface area contributed by atoms with Crippen molar-refractivity contribution in [1.82, 2.24) is 15.2 Å². The highest BCUT2D eigenvalue weighted by molar-refractivity contribution is 6.37. The Kier molecular flexibility index (Phi) is 7.47. The van der Waals surface area contributed by atoms with Crippen LogP contribution in [0.4, 0.5) is 15.8 Å². The van der Waals surface area contributed by atoms with Gasteiger partial charge in [-0.25, -0.2) is 4.39 Å². The quantitative estimate of drug-likeness (QED) is 0.280. The summed E-state index contributed by atoms with van der Waals surface area (Å²) in [6.45, 7) is 1.08. The van der Waals surface area contributed by atoms with Crippen LogP contribution in [-0.2, 0) is 17.9 Å². The van der Waals surface area contributed by atoms with E-state index < -0.39 is 5.82 Å². The Balaban J connectivity index is 1.50. The number of benzene rings is 3. The highest BCUT2D eigenvalue weighted by Crippen LogP contribution is 2.38. The molecular formula is C31H28FN5O2. The molecule has 196 valence electrons. The summed E-state index contributed by atoms with van der Waals surface area (Å²) in [5.74, 6) is -1.02. The topological polar surface area (TPSA) is 86.4 Å². The lowest BCUT2D eigenvalue weighted by Gasteiger charge is -2.17. The standard InChI is InChI=1S/C31H28FN5O2/c1-37(2)19-20-9-12-24(13-10-20)35-29(28-25-14-11-23(32)17-27(25)36-31(28)39)22-7-5-6-21(16-22)18-34-30(38)26-8-3-4-15-33-26/h3-17,35H,18-19H2,1-2H3,(H,34,38)(H,36,39)/b29-28-. The molecule has 4 aromatic rings. The zero-order chi connectivity index (χ0) is 27.4. The Morgan fingerprint density at radius 1 is 0.949 bits per heavy atom. The molecule has 0 atom stereocenters. The van der Waals surface area contributed by atoms with Gasteiger partial charge in [0.15, 0.2) is 0 Å². The van der Waals surface area contributed by atoms with E-state index in [9.17, 15) is 14.0 Å². The van der Waals surface area contributed by atoms with E-state index in [4.69, 9.17) is 0 Å². The average Bonchev–Trinajstić information content (AvgIpc) is 3.26. The lowest BCUT2D eigenvalue weighted by molar-refractivity contribution is -0.110. The van der Waals surface area contributed by atoms with Crippen LogP contribution >= 0.6 is 0 Å². The second kappa shape index (κ2) is 11.3. The van der Waals surface area contributed by atoms with Gasteiger partial charge in [-0.05, 0) is 79.3 Å². The van der Waals surface area contributed by atoms with Crippen LogP contribution in [0.5, 0.6) is 0 Å². The summed E-state index contributed by atoms with van der Waals surface area (Å²) in [5.41, 5.74) is 5.92. The Hall–Kier alpha value is -4.82. The molecule has 1 aromatic heterocycles. The lowest BCUT2D eigenvalue weighted by Crippen LogP contribution is -2.23. The molecule has 8 heteroatoms. The number of nitrogens with zero attached hydrogens (tertiary/aromatic N) is 2. The highest BCUT2D eigenvalue weighted by Gasteiger charge is 2.29. The van der Waals surface area contributed by atoms with Crippen LogP contribution in [0.1, 0.15) is 32.7 Å². The third-order valence-corrected chi connectivity index (χ3v) is 6.26. The summed E-state index contributed by atoms with van der Waals surface area (Å²) in [4.78, 5) is 31.9. The van der Waals surface area contributed by atoms with Crippen LogP contribution in [0.15, 0.2) is 91.1 Å². The van der Waals surface area contributed by atoms with Crippen molar-refractivity contribution in [3.05, 3.63) is 125 Å². The predicted octanol–water partition coefficient (Wildman–Crippen LogP) is 5.14. The van der Waals surface area contributed by atoms with Gasteiger partial charge >= 0.3 is 0 Å². The van der Waals surface area contributed by atoms with Crippen molar-refractivity contribution >= 4 is 34.5 Å². The summed E-state index contributed by atoms with van der Waals surface area (Å²) < 4.78 is 13.9. The molecule has 1 aliphatic heterocycles. The van der Waals surface area contributed by atoms with Gasteiger partial charge in [0.2, 0.25) is 0 Å². The van der Waals surface area contributed by atoms with Gasteiger partial charge in [-0.15, -0.1) is 0 Å². The zero-order valence-corrected chi connectivity index (χ0v) is 21.7. The van der Waals surface area contributed by atoms with Crippen LogP contribution in [-0.4, -0.2) is 35.8 Å². The van der Waals surface area contributed by atoms with Gasteiger partial charge in [0, 0.05) is 30.5 Å². The SMILES string of the molecule is CN(C)Cc1ccc(N/C(=C2\C(=O)Nc3cc(F)ccc32)c2cccc(CNC(=O)c3ccccn3)c2)cc1. The van der Waals surface area contributed by atoms with E-state index in [0.29, 0.717) is 28.2 Å². The van der Waals surface area contributed by atoms with Gasteiger partial charge in [-0.1, -0.05) is 36.4 Å². The third-order valence-electron chi connectivity index (χ3n) is 6.26. The van der Waals surface area contributed by atoms with Crippen molar-refractivity contribution in [3.8, 4) is 0 Å². The van der Waals surface area contributed by atoms with E-state index in [-0.39, 0.29) is 18.4 Å². The number of anilines is 2. The van der Waals surface area contributed by atoms with E-state index in [0.717, 1.165) is 28.9 Å². The maximum atomic E-state index is 13.9. The second-order valence-electron chi connectivity index (χ2n) is 9.55. The number of carbonyl (C=O) groups is 2. The molecule has 0 aliphatic carbocycles. The number of halogens is 1. The van der Waals surface area contributed by atoms with Gasteiger partial charge in [-0.2, -0.15) is 0 Å². The number of amides is 2. The van der Waals surface area contributed by atoms with E-state index in [1.807, 2.05) is 62.6 Å². The van der Waals surface area contributed by atoms with Crippen molar-refractivity contribution in [3.63, 3.8) is 0 Å². The highest BCUT2D eigenvalue weighted by atomic mass is 19.1. The summed E-state index contributed by atoms with van der Waals surface area (Å²) in [5, 5.41) is 9.11. The first-order valence-corrected chi connectivity index (χ1v) is 12.5. The molecule has 3 aromatic carbocycles. The smallest absolute Gasteiger partial charge is 0.270 e. The molecule has 0 saturated carbocycles. The number of aromatic nitrogens is 1. The maximum Gasteiger partial charge on any atom is 0.270 e. The van der Waals surface area contributed by atoms with Crippen molar-refractivity contribution in [2.24, 2.45) is 0 Å². The van der Waals surface area contributed by atoms with Crippen molar-refractivity contribution < 1.29 is 14.0 Å². The number of carbonyl (C=O) groups excluding carboxylic acids is 2. The number of hydrogen-bond donors (Lipinski definition) is 3. The van der Waals surface area contributed by atoms with Crippen LogP contribution < -0.4 is 16.0 Å². The molecular weight excluding hydrogens is 493 g/mol. The van der Waals surface area contributed by atoms with Crippen molar-refractivity contribution in [1.29, 1.82) is 0 Å².